The molecule has 0 radical (unpaired) electrons. The molecule has 0 atom stereocenters. The zero-order valence-electron chi connectivity index (χ0n) is 16.3. The lowest BCUT2D eigenvalue weighted by atomic mass is 9.63. The van der Waals surface area contributed by atoms with E-state index in [4.69, 9.17) is 4.74 Å². The van der Waals surface area contributed by atoms with Gasteiger partial charge in [0.1, 0.15) is 11.6 Å². The predicted octanol–water partition coefficient (Wildman–Crippen LogP) is 4.47. The number of carboxylic acids is 1. The van der Waals surface area contributed by atoms with Gasteiger partial charge in [-0.15, -0.1) is 0 Å². The standard InChI is InChI=1S/C23H22FNO4/c1-22(2)12-29-23(10-13(11-23)21(27)28)19-18-16(4-3-5-17(18)26)25(20(19)22)15-8-6-14(24)7-9-15/h3-9,13,26H,10-12H2,1-2H3,(H,27,28). The minimum absolute atomic E-state index is 0.138. The molecule has 29 heavy (non-hydrogen) atoms. The number of aliphatic carboxylic acids is 1. The third-order valence-electron chi connectivity index (χ3n) is 6.36. The minimum Gasteiger partial charge on any atom is -0.507 e. The molecule has 1 aliphatic carbocycles. The number of nitrogens with zero attached hydrogens (tertiary/aromatic N) is 1. The molecule has 1 aliphatic heterocycles. The van der Waals surface area contributed by atoms with Crippen LogP contribution in [0.1, 0.15) is 37.9 Å². The first kappa shape index (κ1) is 18.2. The van der Waals surface area contributed by atoms with Crippen LogP contribution in [0.15, 0.2) is 42.5 Å². The Bertz CT molecular complexity index is 1140. The number of hydrogen-bond donors (Lipinski definition) is 2. The summed E-state index contributed by atoms with van der Waals surface area (Å²) in [6, 6.07) is 11.6. The Hall–Kier alpha value is -2.86. The van der Waals surface area contributed by atoms with Crippen molar-refractivity contribution in [2.45, 2.75) is 37.7 Å². The van der Waals surface area contributed by atoms with Crippen molar-refractivity contribution in [3.05, 3.63) is 59.5 Å². The third kappa shape index (κ3) is 2.45. The molecule has 0 saturated heterocycles. The average molecular weight is 395 g/mol. The highest BCUT2D eigenvalue weighted by molar-refractivity contribution is 5.94. The first-order valence-electron chi connectivity index (χ1n) is 9.74. The van der Waals surface area contributed by atoms with Gasteiger partial charge in [0.15, 0.2) is 0 Å². The number of carbonyl (C=O) groups is 1. The fourth-order valence-electron chi connectivity index (χ4n) is 4.96. The van der Waals surface area contributed by atoms with E-state index in [1.165, 1.54) is 12.1 Å². The predicted molar refractivity (Wildman–Crippen MR) is 106 cm³/mol. The normalized spacial score (nSPS) is 25.0. The number of hydrogen-bond acceptors (Lipinski definition) is 3. The van der Waals surface area contributed by atoms with Crippen molar-refractivity contribution in [3.8, 4) is 11.4 Å². The lowest BCUT2D eigenvalue weighted by Gasteiger charge is -2.51. The van der Waals surface area contributed by atoms with E-state index < -0.39 is 17.5 Å². The molecule has 2 aromatic carbocycles. The number of fused-ring (bicyclic) bond motifs is 4. The largest absolute Gasteiger partial charge is 0.507 e. The lowest BCUT2D eigenvalue weighted by Crippen LogP contribution is -2.52. The van der Waals surface area contributed by atoms with Gasteiger partial charge in [-0.2, -0.15) is 0 Å². The zero-order chi connectivity index (χ0) is 20.6. The van der Waals surface area contributed by atoms with Crippen LogP contribution in [0.3, 0.4) is 0 Å². The fraction of sp³-hybridized carbons (Fsp3) is 0.348. The van der Waals surface area contributed by atoms with Crippen LogP contribution in [0.2, 0.25) is 0 Å². The van der Waals surface area contributed by atoms with Gasteiger partial charge >= 0.3 is 5.97 Å². The van der Waals surface area contributed by atoms with Gasteiger partial charge in [-0.05, 0) is 49.2 Å². The van der Waals surface area contributed by atoms with Crippen molar-refractivity contribution in [3.63, 3.8) is 0 Å². The number of carboxylic acid groups (broad SMARTS) is 1. The third-order valence-corrected chi connectivity index (χ3v) is 6.36. The molecule has 1 aromatic heterocycles. The van der Waals surface area contributed by atoms with Crippen molar-refractivity contribution in [2.24, 2.45) is 5.92 Å². The van der Waals surface area contributed by atoms with Crippen molar-refractivity contribution >= 4 is 16.9 Å². The first-order chi connectivity index (χ1) is 13.7. The highest BCUT2D eigenvalue weighted by atomic mass is 19.1. The SMILES string of the molecule is CC1(C)COC2(CC(C(=O)O)C2)c2c1n(-c1ccc(F)cc1)c1cccc(O)c21. The summed E-state index contributed by atoms with van der Waals surface area (Å²) in [6.45, 7) is 4.58. The van der Waals surface area contributed by atoms with Gasteiger partial charge in [-0.25, -0.2) is 4.39 Å². The van der Waals surface area contributed by atoms with Crippen LogP contribution in [-0.2, 0) is 20.5 Å². The van der Waals surface area contributed by atoms with Crippen LogP contribution in [0.25, 0.3) is 16.6 Å². The molecular formula is C23H22FNO4. The summed E-state index contributed by atoms with van der Waals surface area (Å²) in [7, 11) is 0. The highest BCUT2D eigenvalue weighted by Crippen LogP contribution is 2.58. The second kappa shape index (κ2) is 5.83. The van der Waals surface area contributed by atoms with Crippen LogP contribution in [0.4, 0.5) is 4.39 Å². The number of rotatable bonds is 2. The quantitative estimate of drug-likeness (QED) is 0.671. The highest BCUT2D eigenvalue weighted by Gasteiger charge is 2.57. The van der Waals surface area contributed by atoms with E-state index in [9.17, 15) is 19.4 Å². The number of phenolic OH excluding ortho intramolecular Hbond substituents is 1. The van der Waals surface area contributed by atoms with Crippen LogP contribution < -0.4 is 0 Å². The second-order valence-corrected chi connectivity index (χ2v) is 8.82. The number of benzene rings is 2. The smallest absolute Gasteiger partial charge is 0.306 e. The van der Waals surface area contributed by atoms with Crippen LogP contribution in [-0.4, -0.2) is 27.4 Å². The van der Waals surface area contributed by atoms with Gasteiger partial charge in [0, 0.05) is 27.7 Å². The molecule has 0 bridgehead atoms. The van der Waals surface area contributed by atoms with Crippen molar-refractivity contribution < 1.29 is 24.1 Å². The molecule has 150 valence electrons. The summed E-state index contributed by atoms with van der Waals surface area (Å²) in [4.78, 5) is 11.5. The lowest BCUT2D eigenvalue weighted by molar-refractivity contribution is -0.180. The zero-order valence-corrected chi connectivity index (χ0v) is 16.3. The monoisotopic (exact) mass is 395 g/mol. The van der Waals surface area contributed by atoms with Gasteiger partial charge in [0.25, 0.3) is 0 Å². The summed E-state index contributed by atoms with van der Waals surface area (Å²) in [6.07, 6.45) is 0.755. The van der Waals surface area contributed by atoms with Crippen LogP contribution in [0, 0.1) is 11.7 Å². The Labute approximate surface area is 167 Å². The summed E-state index contributed by atoms with van der Waals surface area (Å²) in [5, 5.41) is 20.9. The molecule has 2 heterocycles. The number of phenols is 1. The van der Waals surface area contributed by atoms with Gasteiger partial charge in [0.05, 0.1) is 23.6 Å². The molecule has 6 heteroatoms. The summed E-state index contributed by atoms with van der Waals surface area (Å²) in [5.41, 5.74) is 2.34. The van der Waals surface area contributed by atoms with Crippen LogP contribution >= 0.6 is 0 Å². The molecule has 1 saturated carbocycles. The Balaban J connectivity index is 1.85. The van der Waals surface area contributed by atoms with E-state index in [1.54, 1.807) is 24.3 Å². The molecule has 2 N–H and O–H groups in total. The molecule has 0 unspecified atom stereocenters. The van der Waals surface area contributed by atoms with E-state index in [-0.39, 0.29) is 17.0 Å². The number of aromatic hydroxyl groups is 1. The van der Waals surface area contributed by atoms with E-state index >= 15 is 0 Å². The van der Waals surface area contributed by atoms with Gasteiger partial charge in [-0.3, -0.25) is 4.79 Å². The van der Waals surface area contributed by atoms with Gasteiger partial charge < -0.3 is 19.5 Å². The van der Waals surface area contributed by atoms with E-state index in [0.717, 1.165) is 22.5 Å². The molecule has 1 spiro atoms. The molecule has 5 rings (SSSR count). The Morgan fingerprint density at radius 2 is 1.86 bits per heavy atom. The van der Waals surface area contributed by atoms with E-state index in [1.807, 2.05) is 6.07 Å². The van der Waals surface area contributed by atoms with Gasteiger partial charge in [0.2, 0.25) is 0 Å². The Kier molecular flexibility index (Phi) is 3.65. The fourth-order valence-corrected chi connectivity index (χ4v) is 4.96. The Morgan fingerprint density at radius 1 is 1.17 bits per heavy atom. The summed E-state index contributed by atoms with van der Waals surface area (Å²) >= 11 is 0. The Morgan fingerprint density at radius 3 is 2.52 bits per heavy atom. The molecule has 1 fully saturated rings. The average Bonchev–Trinajstić information content (AvgIpc) is 2.99. The van der Waals surface area contributed by atoms with E-state index in [0.29, 0.717) is 24.8 Å². The molecule has 5 nitrogen and oxygen atoms in total. The van der Waals surface area contributed by atoms with Crippen molar-refractivity contribution in [1.82, 2.24) is 4.57 Å². The first-order valence-corrected chi connectivity index (χ1v) is 9.74. The van der Waals surface area contributed by atoms with E-state index in [2.05, 4.69) is 18.4 Å². The molecule has 2 aliphatic rings. The van der Waals surface area contributed by atoms with Crippen molar-refractivity contribution in [2.75, 3.05) is 6.61 Å². The molecule has 3 aromatic rings. The van der Waals surface area contributed by atoms with Crippen molar-refractivity contribution in [1.29, 1.82) is 0 Å². The maximum absolute atomic E-state index is 13.6. The summed E-state index contributed by atoms with van der Waals surface area (Å²) in [5.74, 6) is -1.46. The number of ether oxygens (including phenoxy) is 1. The topological polar surface area (TPSA) is 71.7 Å². The van der Waals surface area contributed by atoms with Crippen LogP contribution in [0.5, 0.6) is 5.75 Å². The maximum Gasteiger partial charge on any atom is 0.306 e. The van der Waals surface area contributed by atoms with Gasteiger partial charge in [-0.1, -0.05) is 19.9 Å². The second-order valence-electron chi connectivity index (χ2n) is 8.82. The molecular weight excluding hydrogens is 373 g/mol. The summed E-state index contributed by atoms with van der Waals surface area (Å²) < 4.78 is 21.9. The minimum atomic E-state index is -0.822. The maximum atomic E-state index is 13.6. The number of halogens is 1. The molecule has 0 amide bonds. The number of aromatic nitrogens is 1.